The molecule has 0 amide bonds. The summed E-state index contributed by atoms with van der Waals surface area (Å²) in [5.74, 6) is 3.16. The number of ether oxygens (including phenoxy) is 1. The molecule has 0 aromatic carbocycles. The van der Waals surface area contributed by atoms with Crippen molar-refractivity contribution >= 4 is 21.8 Å². The van der Waals surface area contributed by atoms with Crippen LogP contribution in [0, 0.1) is 5.92 Å². The number of methoxy groups -OCH3 is 1. The Morgan fingerprint density at radius 2 is 2.33 bits per heavy atom. The molecule has 1 aromatic heterocycles. The van der Waals surface area contributed by atoms with Crippen molar-refractivity contribution in [2.75, 3.05) is 38.3 Å². The van der Waals surface area contributed by atoms with Gasteiger partial charge in [-0.25, -0.2) is 13.1 Å². The van der Waals surface area contributed by atoms with Gasteiger partial charge in [0.15, 0.2) is 0 Å². The molecule has 0 spiro atoms. The fourth-order valence-electron chi connectivity index (χ4n) is 2.03. The smallest absolute Gasteiger partial charge is 0.273 e. The topological polar surface area (TPSA) is 80.6 Å². The van der Waals surface area contributed by atoms with Crippen molar-refractivity contribution in [1.82, 2.24) is 10.0 Å². The first-order valence-electron chi connectivity index (χ1n) is 6.97. The molecule has 2 N–H and O–H groups in total. The van der Waals surface area contributed by atoms with Gasteiger partial charge < -0.3 is 14.5 Å². The van der Waals surface area contributed by atoms with Gasteiger partial charge in [-0.2, -0.15) is 11.8 Å². The van der Waals surface area contributed by atoms with Crippen LogP contribution in [0.4, 0.5) is 0 Å². The van der Waals surface area contributed by atoms with Crippen LogP contribution in [0.15, 0.2) is 21.6 Å². The highest BCUT2D eigenvalue weighted by molar-refractivity contribution is 7.99. The molecule has 6 nitrogen and oxygen atoms in total. The lowest BCUT2D eigenvalue weighted by Crippen LogP contribution is -2.29. The molecule has 8 heteroatoms. The van der Waals surface area contributed by atoms with E-state index in [1.54, 1.807) is 13.2 Å². The van der Waals surface area contributed by atoms with E-state index < -0.39 is 10.0 Å². The van der Waals surface area contributed by atoms with Crippen LogP contribution >= 0.6 is 11.8 Å². The number of rotatable bonds is 9. The summed E-state index contributed by atoms with van der Waals surface area (Å²) in [6.45, 7) is 2.26. The van der Waals surface area contributed by atoms with Gasteiger partial charge in [0.1, 0.15) is 5.76 Å². The number of sulfonamides is 1. The van der Waals surface area contributed by atoms with E-state index in [9.17, 15) is 8.42 Å². The monoisotopic (exact) mass is 334 g/mol. The van der Waals surface area contributed by atoms with Gasteiger partial charge in [-0.1, -0.05) is 0 Å². The van der Waals surface area contributed by atoms with Crippen LogP contribution in [-0.2, 0) is 21.3 Å². The molecule has 1 aliphatic rings. The molecular weight excluding hydrogens is 312 g/mol. The lowest BCUT2D eigenvalue weighted by molar-refractivity contribution is 0.198. The summed E-state index contributed by atoms with van der Waals surface area (Å²) in [4.78, 5) is 0. The van der Waals surface area contributed by atoms with E-state index in [2.05, 4.69) is 10.0 Å². The number of nitrogens with one attached hydrogen (secondary N) is 2. The van der Waals surface area contributed by atoms with Crippen molar-refractivity contribution in [3.63, 3.8) is 0 Å². The second-order valence-corrected chi connectivity index (χ2v) is 7.82. The highest BCUT2D eigenvalue weighted by atomic mass is 32.2. The Kier molecular flexibility index (Phi) is 6.56. The summed E-state index contributed by atoms with van der Waals surface area (Å²) >= 11 is 1.87. The Morgan fingerprint density at radius 1 is 1.48 bits per heavy atom. The third kappa shape index (κ3) is 5.30. The van der Waals surface area contributed by atoms with Crippen LogP contribution in [0.2, 0.25) is 0 Å². The van der Waals surface area contributed by atoms with E-state index in [4.69, 9.17) is 9.15 Å². The second-order valence-electron chi connectivity index (χ2n) is 4.97. The quantitative estimate of drug-likeness (QED) is 0.657. The molecule has 1 unspecified atom stereocenters. The minimum absolute atomic E-state index is 0.0170. The van der Waals surface area contributed by atoms with Crippen LogP contribution in [0.3, 0.4) is 0 Å². The van der Waals surface area contributed by atoms with Gasteiger partial charge in [0.05, 0.1) is 13.2 Å². The Labute approximate surface area is 130 Å². The summed E-state index contributed by atoms with van der Waals surface area (Å²) in [6, 6.07) is 3.18. The fraction of sp³-hybridized carbons (Fsp3) is 0.692. The molecule has 1 aliphatic heterocycles. The average molecular weight is 334 g/mol. The van der Waals surface area contributed by atoms with Crippen LogP contribution in [0.5, 0.6) is 0 Å². The lowest BCUT2D eigenvalue weighted by Gasteiger charge is -2.09. The van der Waals surface area contributed by atoms with E-state index in [0.29, 0.717) is 37.9 Å². The molecule has 0 radical (unpaired) electrons. The fourth-order valence-corrected chi connectivity index (χ4v) is 4.37. The van der Waals surface area contributed by atoms with Crippen LogP contribution in [-0.4, -0.2) is 46.7 Å². The highest BCUT2D eigenvalue weighted by Gasteiger charge is 2.22. The zero-order valence-electron chi connectivity index (χ0n) is 12.1. The average Bonchev–Trinajstić information content (AvgIpc) is 3.13. The lowest BCUT2D eigenvalue weighted by atomic mass is 10.1. The Hall–Kier alpha value is -0.540. The summed E-state index contributed by atoms with van der Waals surface area (Å²) in [5.41, 5.74) is 0. The standard InChI is InChI=1S/C13H22N2O4S2/c1-18-6-5-14-9-12-2-3-13(19-12)21(16,17)15-8-11-4-7-20-10-11/h2-3,11,14-15H,4-10H2,1H3. The normalized spacial score (nSPS) is 19.2. The van der Waals surface area contributed by atoms with Crippen LogP contribution in [0.1, 0.15) is 12.2 Å². The molecule has 21 heavy (non-hydrogen) atoms. The number of furan rings is 1. The molecule has 120 valence electrons. The zero-order valence-corrected chi connectivity index (χ0v) is 13.8. The molecule has 2 rings (SSSR count). The number of hydrogen-bond acceptors (Lipinski definition) is 6. The predicted octanol–water partition coefficient (Wildman–Crippen LogP) is 1.05. The third-order valence-corrected chi connectivity index (χ3v) is 5.80. The first-order valence-corrected chi connectivity index (χ1v) is 9.61. The molecule has 0 aliphatic carbocycles. The van der Waals surface area contributed by atoms with E-state index in [-0.39, 0.29) is 5.09 Å². The summed E-state index contributed by atoms with van der Waals surface area (Å²) in [5, 5.41) is 3.09. The molecule has 1 atom stereocenters. The van der Waals surface area contributed by atoms with Crippen LogP contribution < -0.4 is 10.0 Å². The van der Waals surface area contributed by atoms with Crippen LogP contribution in [0.25, 0.3) is 0 Å². The van der Waals surface area contributed by atoms with Gasteiger partial charge in [0, 0.05) is 20.2 Å². The number of hydrogen-bond donors (Lipinski definition) is 2. The van der Waals surface area contributed by atoms with Gasteiger partial charge in [-0.15, -0.1) is 0 Å². The molecular formula is C13H22N2O4S2. The largest absolute Gasteiger partial charge is 0.447 e. The highest BCUT2D eigenvalue weighted by Crippen LogP contribution is 2.23. The summed E-state index contributed by atoms with van der Waals surface area (Å²) in [6.07, 6.45) is 1.07. The summed E-state index contributed by atoms with van der Waals surface area (Å²) < 4.78 is 37.2. The maximum absolute atomic E-state index is 12.1. The van der Waals surface area contributed by atoms with E-state index in [0.717, 1.165) is 17.9 Å². The van der Waals surface area contributed by atoms with Gasteiger partial charge >= 0.3 is 0 Å². The molecule has 0 bridgehead atoms. The SMILES string of the molecule is COCCNCc1ccc(S(=O)(=O)NCC2CCSC2)o1. The maximum Gasteiger partial charge on any atom is 0.273 e. The van der Waals surface area contributed by atoms with Crippen molar-refractivity contribution in [2.24, 2.45) is 5.92 Å². The molecule has 1 fully saturated rings. The van der Waals surface area contributed by atoms with Crippen molar-refractivity contribution in [3.8, 4) is 0 Å². The zero-order chi connectivity index (χ0) is 15.1. The van der Waals surface area contributed by atoms with Crippen molar-refractivity contribution in [2.45, 2.75) is 18.1 Å². The van der Waals surface area contributed by atoms with E-state index in [1.807, 2.05) is 11.8 Å². The Morgan fingerprint density at radius 3 is 3.05 bits per heavy atom. The van der Waals surface area contributed by atoms with Gasteiger partial charge in [-0.05, 0) is 36.0 Å². The minimum Gasteiger partial charge on any atom is -0.447 e. The molecule has 2 heterocycles. The Bertz CT molecular complexity index is 524. The van der Waals surface area contributed by atoms with Crippen molar-refractivity contribution < 1.29 is 17.6 Å². The maximum atomic E-state index is 12.1. The van der Waals surface area contributed by atoms with Gasteiger partial charge in [0.2, 0.25) is 5.09 Å². The van der Waals surface area contributed by atoms with Crippen molar-refractivity contribution in [3.05, 3.63) is 17.9 Å². The van der Waals surface area contributed by atoms with E-state index in [1.165, 1.54) is 6.07 Å². The number of thioether (sulfide) groups is 1. The predicted molar refractivity (Wildman–Crippen MR) is 82.9 cm³/mol. The van der Waals surface area contributed by atoms with E-state index >= 15 is 0 Å². The molecule has 1 saturated heterocycles. The first kappa shape index (κ1) is 16.8. The first-order chi connectivity index (χ1) is 10.1. The van der Waals surface area contributed by atoms with Gasteiger partial charge in [0.25, 0.3) is 10.0 Å². The summed E-state index contributed by atoms with van der Waals surface area (Å²) in [7, 11) is -1.91. The van der Waals surface area contributed by atoms with Gasteiger partial charge in [-0.3, -0.25) is 0 Å². The molecule has 1 aromatic rings. The second kappa shape index (κ2) is 8.19. The molecule has 0 saturated carbocycles. The Balaban J connectivity index is 1.83. The minimum atomic E-state index is -3.54. The van der Waals surface area contributed by atoms with Crippen molar-refractivity contribution in [1.29, 1.82) is 0 Å². The third-order valence-electron chi connectivity index (χ3n) is 3.27.